The number of carbonyl (C=O) groups excluding carboxylic acids is 1. The number of nitrogens with zero attached hydrogens (tertiary/aromatic N) is 1. The molecule has 0 saturated carbocycles. The standard InChI is InChI=1S/C25H20FNO4/c1-27-22-5-3-2-4-21(22)24(29)25(23(27)18-8-10-19(26)11-9-18)31-15-14-30-20-12-6-17(16-28)7-13-20/h2-13,16H,14-15H2,1H3. The van der Waals surface area contributed by atoms with Crippen LogP contribution in [0.3, 0.4) is 0 Å². The molecule has 0 spiro atoms. The Morgan fingerprint density at radius 2 is 1.58 bits per heavy atom. The van der Waals surface area contributed by atoms with Crippen LogP contribution in [0.25, 0.3) is 22.2 Å². The zero-order valence-electron chi connectivity index (χ0n) is 16.9. The summed E-state index contributed by atoms with van der Waals surface area (Å²) in [6.45, 7) is 0.344. The number of aromatic nitrogens is 1. The van der Waals surface area contributed by atoms with Gasteiger partial charge in [0.2, 0.25) is 5.43 Å². The summed E-state index contributed by atoms with van der Waals surface area (Å²) >= 11 is 0. The van der Waals surface area contributed by atoms with Crippen LogP contribution in [0.2, 0.25) is 0 Å². The van der Waals surface area contributed by atoms with E-state index in [1.54, 1.807) is 48.5 Å². The first-order valence-electron chi connectivity index (χ1n) is 9.77. The maximum atomic E-state index is 13.5. The number of pyridine rings is 1. The number of hydrogen-bond donors (Lipinski definition) is 0. The van der Waals surface area contributed by atoms with Gasteiger partial charge in [0.25, 0.3) is 0 Å². The van der Waals surface area contributed by atoms with E-state index in [4.69, 9.17) is 9.47 Å². The van der Waals surface area contributed by atoms with Crippen molar-refractivity contribution in [3.63, 3.8) is 0 Å². The van der Waals surface area contributed by atoms with Crippen LogP contribution in [-0.2, 0) is 7.05 Å². The summed E-state index contributed by atoms with van der Waals surface area (Å²) in [5.74, 6) is 0.429. The van der Waals surface area contributed by atoms with Gasteiger partial charge in [0.05, 0.1) is 11.2 Å². The second-order valence-corrected chi connectivity index (χ2v) is 6.97. The first-order valence-corrected chi connectivity index (χ1v) is 9.77. The minimum atomic E-state index is -0.356. The number of rotatable bonds is 7. The Kier molecular flexibility index (Phi) is 5.80. The van der Waals surface area contributed by atoms with E-state index in [1.165, 1.54) is 12.1 Å². The maximum Gasteiger partial charge on any atom is 0.231 e. The number of aldehydes is 1. The number of fused-ring (bicyclic) bond motifs is 1. The molecule has 4 rings (SSSR count). The van der Waals surface area contributed by atoms with Crippen molar-refractivity contribution in [1.82, 2.24) is 4.57 Å². The van der Waals surface area contributed by atoms with Gasteiger partial charge < -0.3 is 14.0 Å². The number of hydrogen-bond acceptors (Lipinski definition) is 4. The summed E-state index contributed by atoms with van der Waals surface area (Å²) in [6, 6.07) is 19.9. The normalized spacial score (nSPS) is 10.8. The van der Waals surface area contributed by atoms with Gasteiger partial charge in [-0.3, -0.25) is 9.59 Å². The lowest BCUT2D eigenvalue weighted by Crippen LogP contribution is -2.18. The second kappa shape index (κ2) is 8.83. The zero-order chi connectivity index (χ0) is 21.8. The first kappa shape index (κ1) is 20.3. The van der Waals surface area contributed by atoms with Crippen molar-refractivity contribution in [3.8, 4) is 22.8 Å². The minimum absolute atomic E-state index is 0.136. The minimum Gasteiger partial charge on any atom is -0.490 e. The van der Waals surface area contributed by atoms with Gasteiger partial charge in [-0.25, -0.2) is 4.39 Å². The third-order valence-corrected chi connectivity index (χ3v) is 5.00. The Bertz CT molecular complexity index is 1280. The lowest BCUT2D eigenvalue weighted by atomic mass is 10.1. The van der Waals surface area contributed by atoms with Crippen LogP contribution >= 0.6 is 0 Å². The van der Waals surface area contributed by atoms with Gasteiger partial charge in [0.1, 0.15) is 31.1 Å². The van der Waals surface area contributed by atoms with Crippen LogP contribution in [0.15, 0.2) is 77.6 Å². The van der Waals surface area contributed by atoms with E-state index in [9.17, 15) is 14.0 Å². The third-order valence-electron chi connectivity index (χ3n) is 5.00. The summed E-state index contributed by atoms with van der Waals surface area (Å²) < 4.78 is 26.9. The van der Waals surface area contributed by atoms with Gasteiger partial charge in [-0.1, -0.05) is 12.1 Å². The number of benzene rings is 3. The second-order valence-electron chi connectivity index (χ2n) is 6.97. The van der Waals surface area contributed by atoms with Crippen molar-refractivity contribution >= 4 is 17.2 Å². The molecular formula is C25H20FNO4. The fraction of sp³-hybridized carbons (Fsp3) is 0.120. The Hall–Kier alpha value is -3.93. The highest BCUT2D eigenvalue weighted by molar-refractivity contribution is 5.85. The molecule has 0 aliphatic heterocycles. The van der Waals surface area contributed by atoms with Gasteiger partial charge >= 0.3 is 0 Å². The smallest absolute Gasteiger partial charge is 0.231 e. The SMILES string of the molecule is Cn1c(-c2ccc(F)cc2)c(OCCOc2ccc(C=O)cc2)c(=O)c2ccccc21. The predicted molar refractivity (Wildman–Crippen MR) is 117 cm³/mol. The van der Waals surface area contributed by atoms with E-state index in [2.05, 4.69) is 0 Å². The molecule has 4 aromatic rings. The Morgan fingerprint density at radius 1 is 0.903 bits per heavy atom. The number of carbonyl (C=O) groups is 1. The topological polar surface area (TPSA) is 57.5 Å². The van der Waals surface area contributed by atoms with Crippen LogP contribution in [0.4, 0.5) is 4.39 Å². The fourth-order valence-corrected chi connectivity index (χ4v) is 3.47. The summed E-state index contributed by atoms with van der Waals surface area (Å²) in [6.07, 6.45) is 0.763. The Labute approximate surface area is 178 Å². The average molecular weight is 417 g/mol. The quantitative estimate of drug-likeness (QED) is 0.325. The van der Waals surface area contributed by atoms with Gasteiger partial charge in [-0.05, 0) is 60.7 Å². The number of ether oxygens (including phenoxy) is 2. The molecule has 156 valence electrons. The van der Waals surface area contributed by atoms with Crippen LogP contribution in [0.1, 0.15) is 10.4 Å². The zero-order valence-corrected chi connectivity index (χ0v) is 16.9. The van der Waals surface area contributed by atoms with E-state index in [1.807, 2.05) is 23.7 Å². The van der Waals surface area contributed by atoms with E-state index in [0.717, 1.165) is 11.8 Å². The first-order chi connectivity index (χ1) is 15.1. The number of aryl methyl sites for hydroxylation is 1. The molecule has 0 amide bonds. The van der Waals surface area contributed by atoms with Crippen LogP contribution in [-0.4, -0.2) is 24.1 Å². The third kappa shape index (κ3) is 4.19. The van der Waals surface area contributed by atoms with Crippen LogP contribution in [0.5, 0.6) is 11.5 Å². The maximum absolute atomic E-state index is 13.5. The molecule has 0 radical (unpaired) electrons. The predicted octanol–water partition coefficient (Wildman–Crippen LogP) is 4.61. The highest BCUT2D eigenvalue weighted by atomic mass is 19.1. The molecule has 5 nitrogen and oxygen atoms in total. The van der Waals surface area contributed by atoms with Crippen molar-refractivity contribution in [2.24, 2.45) is 7.05 Å². The van der Waals surface area contributed by atoms with Crippen molar-refractivity contribution < 1.29 is 18.7 Å². The number of halogens is 1. The molecule has 0 unspecified atom stereocenters. The molecule has 6 heteroatoms. The molecule has 3 aromatic carbocycles. The van der Waals surface area contributed by atoms with E-state index >= 15 is 0 Å². The van der Waals surface area contributed by atoms with E-state index < -0.39 is 0 Å². The molecule has 1 heterocycles. The summed E-state index contributed by atoms with van der Waals surface area (Å²) in [5.41, 5.74) is 2.33. The van der Waals surface area contributed by atoms with Crippen molar-refractivity contribution in [1.29, 1.82) is 0 Å². The molecule has 0 N–H and O–H groups in total. The molecule has 31 heavy (non-hydrogen) atoms. The van der Waals surface area contributed by atoms with Crippen molar-refractivity contribution in [2.45, 2.75) is 0 Å². The average Bonchev–Trinajstić information content (AvgIpc) is 2.81. The molecule has 0 aliphatic rings. The monoisotopic (exact) mass is 417 g/mol. The number of para-hydroxylation sites is 1. The van der Waals surface area contributed by atoms with Crippen LogP contribution in [0, 0.1) is 5.82 Å². The Morgan fingerprint density at radius 3 is 2.29 bits per heavy atom. The molecule has 0 fully saturated rings. The van der Waals surface area contributed by atoms with Gasteiger partial charge in [0.15, 0.2) is 5.75 Å². The lowest BCUT2D eigenvalue weighted by Gasteiger charge is -2.18. The Balaban J connectivity index is 1.64. The molecule has 0 bridgehead atoms. The summed E-state index contributed by atoms with van der Waals surface area (Å²) in [4.78, 5) is 23.9. The van der Waals surface area contributed by atoms with Crippen molar-refractivity contribution in [2.75, 3.05) is 13.2 Å². The molecular weight excluding hydrogens is 397 g/mol. The largest absolute Gasteiger partial charge is 0.490 e. The molecule has 0 aliphatic carbocycles. The summed E-state index contributed by atoms with van der Waals surface area (Å²) in [7, 11) is 1.85. The fourth-order valence-electron chi connectivity index (χ4n) is 3.47. The van der Waals surface area contributed by atoms with Crippen LogP contribution < -0.4 is 14.9 Å². The molecule has 1 aromatic heterocycles. The molecule has 0 saturated heterocycles. The van der Waals surface area contributed by atoms with Gasteiger partial charge in [-0.15, -0.1) is 0 Å². The van der Waals surface area contributed by atoms with E-state index in [0.29, 0.717) is 28.0 Å². The highest BCUT2D eigenvalue weighted by Gasteiger charge is 2.18. The van der Waals surface area contributed by atoms with E-state index in [-0.39, 0.29) is 30.2 Å². The lowest BCUT2D eigenvalue weighted by molar-refractivity contribution is 0.112. The highest BCUT2D eigenvalue weighted by Crippen LogP contribution is 2.30. The van der Waals surface area contributed by atoms with Gasteiger partial charge in [0, 0.05) is 23.6 Å². The van der Waals surface area contributed by atoms with Gasteiger partial charge in [-0.2, -0.15) is 0 Å². The van der Waals surface area contributed by atoms with Crippen molar-refractivity contribution in [3.05, 3.63) is 94.4 Å². The summed E-state index contributed by atoms with van der Waals surface area (Å²) in [5, 5.41) is 0.538. The molecule has 0 atom stereocenters.